The van der Waals surface area contributed by atoms with Gasteiger partial charge in [0.15, 0.2) is 10.3 Å². The van der Waals surface area contributed by atoms with Crippen LogP contribution in [0.25, 0.3) is 0 Å². The topological polar surface area (TPSA) is 95.1 Å². The van der Waals surface area contributed by atoms with Gasteiger partial charge in [-0.1, -0.05) is 52.7 Å². The molecule has 3 rings (SSSR count). The van der Waals surface area contributed by atoms with E-state index < -0.39 is 5.56 Å². The van der Waals surface area contributed by atoms with E-state index in [1.807, 2.05) is 30.3 Å². The van der Waals surface area contributed by atoms with Crippen LogP contribution in [-0.2, 0) is 0 Å². The Bertz CT molecular complexity index is 925. The zero-order valence-corrected chi connectivity index (χ0v) is 14.3. The second-order valence-corrected chi connectivity index (χ2v) is 6.23. The van der Waals surface area contributed by atoms with E-state index in [1.165, 1.54) is 23.7 Å². The van der Waals surface area contributed by atoms with E-state index in [0.717, 1.165) is 5.69 Å². The van der Waals surface area contributed by atoms with Gasteiger partial charge in [-0.2, -0.15) is 10.2 Å². The molecule has 1 aromatic carbocycles. The largest absolute Gasteiger partial charge is 0.331 e. The van der Waals surface area contributed by atoms with Crippen LogP contribution < -0.4 is 16.3 Å². The monoisotopic (exact) mass is 380 g/mol. The highest BCUT2D eigenvalue weighted by Gasteiger charge is 2.08. The maximum absolute atomic E-state index is 11.3. The molecule has 0 saturated heterocycles. The number of hydrogen-bond donors (Lipinski definition) is 3. The fourth-order valence-electron chi connectivity index (χ4n) is 1.71. The summed E-state index contributed by atoms with van der Waals surface area (Å²) in [5.74, 6) is 0. The number of aromatic amines is 1. The average molecular weight is 381 g/mol. The van der Waals surface area contributed by atoms with Gasteiger partial charge in [-0.25, -0.2) is 10.1 Å². The summed E-state index contributed by atoms with van der Waals surface area (Å²) in [6, 6.07) is 9.61. The van der Waals surface area contributed by atoms with E-state index >= 15 is 0 Å². The van der Waals surface area contributed by atoms with Crippen LogP contribution in [0.15, 0.2) is 46.4 Å². The second kappa shape index (κ2) is 7.43. The van der Waals surface area contributed by atoms with Crippen LogP contribution >= 0.6 is 34.5 Å². The van der Waals surface area contributed by atoms with Gasteiger partial charge in [-0.15, -0.1) is 0 Å². The van der Waals surface area contributed by atoms with E-state index in [9.17, 15) is 4.79 Å². The first-order chi connectivity index (χ1) is 11.6. The third kappa shape index (κ3) is 3.91. The third-order valence-corrected chi connectivity index (χ3v) is 4.48. The molecule has 0 bridgehead atoms. The first-order valence-corrected chi connectivity index (χ1v) is 8.21. The smallest absolute Gasteiger partial charge is 0.285 e. The van der Waals surface area contributed by atoms with Crippen molar-refractivity contribution in [1.29, 1.82) is 0 Å². The standard InChI is InChI=1S/C14H10Cl2N6OS/c15-11-9(6-17-22-13(11)23)21-18-7-10-12(16)20-14(24-10)19-8-4-2-1-3-5-8/h1-7H,(H,19,20)(H2,21,22,23)/b18-7+. The Morgan fingerprint density at radius 3 is 2.83 bits per heavy atom. The number of nitrogens with one attached hydrogen (secondary N) is 3. The molecule has 0 aliphatic heterocycles. The highest BCUT2D eigenvalue weighted by Crippen LogP contribution is 2.28. The number of anilines is 3. The van der Waals surface area contributed by atoms with Gasteiger partial charge in [0.05, 0.1) is 17.3 Å². The second-order valence-electron chi connectivity index (χ2n) is 4.46. The fraction of sp³-hybridized carbons (Fsp3) is 0. The van der Waals surface area contributed by atoms with Crippen molar-refractivity contribution in [2.45, 2.75) is 0 Å². The Labute approximate surface area is 150 Å². The molecular weight excluding hydrogens is 371 g/mol. The van der Waals surface area contributed by atoms with Crippen molar-refractivity contribution in [3.63, 3.8) is 0 Å². The zero-order chi connectivity index (χ0) is 16.9. The number of hydrazone groups is 1. The number of nitrogens with zero attached hydrogens (tertiary/aromatic N) is 3. The van der Waals surface area contributed by atoms with Gasteiger partial charge >= 0.3 is 0 Å². The average Bonchev–Trinajstić information content (AvgIpc) is 2.92. The van der Waals surface area contributed by atoms with Crippen LogP contribution in [0.1, 0.15) is 4.88 Å². The number of rotatable bonds is 5. The van der Waals surface area contributed by atoms with E-state index in [0.29, 0.717) is 20.8 Å². The first-order valence-electron chi connectivity index (χ1n) is 6.64. The molecule has 0 radical (unpaired) electrons. The Hall–Kier alpha value is -2.42. The summed E-state index contributed by atoms with van der Waals surface area (Å²) in [5, 5.41) is 13.9. The predicted molar refractivity (Wildman–Crippen MR) is 97.9 cm³/mol. The minimum absolute atomic E-state index is 0.0241. The van der Waals surface area contributed by atoms with Gasteiger partial charge in [-0.3, -0.25) is 10.2 Å². The van der Waals surface area contributed by atoms with Gasteiger partial charge in [-0.05, 0) is 12.1 Å². The molecule has 0 amide bonds. The normalized spacial score (nSPS) is 10.9. The van der Waals surface area contributed by atoms with Crippen LogP contribution in [-0.4, -0.2) is 21.4 Å². The number of thiazole rings is 1. The van der Waals surface area contributed by atoms with Crippen LogP contribution in [0.2, 0.25) is 10.2 Å². The SMILES string of the molecule is O=c1[nH]ncc(N/N=C/c2sc(Nc3ccccc3)nc2Cl)c1Cl. The van der Waals surface area contributed by atoms with Crippen molar-refractivity contribution >= 4 is 57.3 Å². The van der Waals surface area contributed by atoms with Crippen LogP contribution in [0, 0.1) is 0 Å². The van der Waals surface area contributed by atoms with Crippen LogP contribution in [0.4, 0.5) is 16.5 Å². The van der Waals surface area contributed by atoms with E-state index in [-0.39, 0.29) is 5.02 Å². The maximum Gasteiger partial charge on any atom is 0.285 e. The molecule has 0 unspecified atom stereocenters. The highest BCUT2D eigenvalue weighted by atomic mass is 35.5. The lowest BCUT2D eigenvalue weighted by Crippen LogP contribution is -2.09. The molecule has 24 heavy (non-hydrogen) atoms. The quantitative estimate of drug-likeness (QED) is 0.463. The number of H-pyrrole nitrogens is 1. The van der Waals surface area contributed by atoms with E-state index in [2.05, 4.69) is 31.0 Å². The van der Waals surface area contributed by atoms with Gasteiger partial charge in [0.1, 0.15) is 10.7 Å². The summed E-state index contributed by atoms with van der Waals surface area (Å²) in [6.07, 6.45) is 2.85. The summed E-state index contributed by atoms with van der Waals surface area (Å²) in [4.78, 5) is 16.2. The molecule has 10 heteroatoms. The molecule has 3 aromatic rings. The lowest BCUT2D eigenvalue weighted by Gasteiger charge is -2.00. The molecule has 0 saturated carbocycles. The number of hydrogen-bond acceptors (Lipinski definition) is 7. The lowest BCUT2D eigenvalue weighted by molar-refractivity contribution is 0.987. The van der Waals surface area contributed by atoms with Crippen molar-refractivity contribution in [2.75, 3.05) is 10.7 Å². The molecule has 3 N–H and O–H groups in total. The van der Waals surface area contributed by atoms with E-state index in [1.54, 1.807) is 0 Å². The summed E-state index contributed by atoms with van der Waals surface area (Å²) in [6.45, 7) is 0. The number of benzene rings is 1. The minimum Gasteiger partial charge on any atom is -0.331 e. The third-order valence-electron chi connectivity index (χ3n) is 2.80. The van der Waals surface area contributed by atoms with Gasteiger partial charge in [0.2, 0.25) is 0 Å². The van der Waals surface area contributed by atoms with E-state index in [4.69, 9.17) is 23.2 Å². The molecule has 0 aliphatic rings. The Balaban J connectivity index is 1.71. The predicted octanol–water partition coefficient (Wildman–Crippen LogP) is 3.72. The zero-order valence-electron chi connectivity index (χ0n) is 12.0. The molecule has 0 atom stereocenters. The minimum atomic E-state index is -0.498. The molecule has 7 nitrogen and oxygen atoms in total. The summed E-state index contributed by atoms with van der Waals surface area (Å²) in [5.41, 5.74) is 3.34. The molecule has 2 heterocycles. The van der Waals surface area contributed by atoms with Crippen molar-refractivity contribution < 1.29 is 0 Å². The van der Waals surface area contributed by atoms with Crippen LogP contribution in [0.3, 0.4) is 0 Å². The Kier molecular flexibility index (Phi) is 5.09. The number of para-hydroxylation sites is 1. The number of halogens is 2. The number of aromatic nitrogens is 3. The van der Waals surface area contributed by atoms with Crippen molar-refractivity contribution in [1.82, 2.24) is 15.2 Å². The molecule has 2 aromatic heterocycles. The first kappa shape index (κ1) is 16.4. The molecular formula is C14H10Cl2N6OS. The van der Waals surface area contributed by atoms with Gasteiger partial charge in [0, 0.05) is 5.69 Å². The van der Waals surface area contributed by atoms with Crippen molar-refractivity contribution in [3.05, 3.63) is 61.9 Å². The summed E-state index contributed by atoms with van der Waals surface area (Å²) in [7, 11) is 0. The molecule has 0 spiro atoms. The Morgan fingerprint density at radius 2 is 2.04 bits per heavy atom. The van der Waals surface area contributed by atoms with Gasteiger partial charge in [0.25, 0.3) is 5.56 Å². The Morgan fingerprint density at radius 1 is 1.25 bits per heavy atom. The highest BCUT2D eigenvalue weighted by molar-refractivity contribution is 7.17. The van der Waals surface area contributed by atoms with Crippen molar-refractivity contribution in [2.24, 2.45) is 5.10 Å². The summed E-state index contributed by atoms with van der Waals surface area (Å²) < 4.78 is 0. The molecule has 122 valence electrons. The fourth-order valence-corrected chi connectivity index (χ4v) is 2.90. The van der Waals surface area contributed by atoms with Crippen molar-refractivity contribution in [3.8, 4) is 0 Å². The lowest BCUT2D eigenvalue weighted by atomic mass is 10.3. The summed E-state index contributed by atoms with van der Waals surface area (Å²) >= 11 is 13.3. The van der Waals surface area contributed by atoms with Crippen LogP contribution in [0.5, 0.6) is 0 Å². The van der Waals surface area contributed by atoms with Gasteiger partial charge < -0.3 is 5.32 Å². The molecule has 0 fully saturated rings. The molecule has 0 aliphatic carbocycles. The maximum atomic E-state index is 11.3.